The van der Waals surface area contributed by atoms with E-state index in [0.29, 0.717) is 0 Å². The number of hydrogen-bond donors (Lipinski definition) is 0. The van der Waals surface area contributed by atoms with Crippen molar-refractivity contribution in [3.05, 3.63) is 48.3 Å². The Balaban J connectivity index is 2.27. The average molecular weight is 230 g/mol. The summed E-state index contributed by atoms with van der Waals surface area (Å²) in [4.78, 5) is 5.72. The quantitative estimate of drug-likeness (QED) is 0.582. The molecule has 0 fully saturated rings. The minimum Gasteiger partial charge on any atom is -0.350 e. The van der Waals surface area contributed by atoms with E-state index >= 15 is 0 Å². The molecule has 0 saturated carbocycles. The van der Waals surface area contributed by atoms with Crippen LogP contribution in [0.1, 0.15) is 5.69 Å². The van der Waals surface area contributed by atoms with Gasteiger partial charge in [-0.15, -0.1) is 11.8 Å². The van der Waals surface area contributed by atoms with E-state index < -0.39 is 0 Å². The van der Waals surface area contributed by atoms with Crippen LogP contribution in [-0.2, 0) is 7.05 Å². The Hall–Kier alpha value is -1.48. The van der Waals surface area contributed by atoms with Crippen molar-refractivity contribution in [1.82, 2.24) is 4.57 Å². The van der Waals surface area contributed by atoms with Crippen LogP contribution < -0.4 is 0 Å². The Labute approximate surface area is 100 Å². The molecule has 0 radical (unpaired) electrons. The molecule has 0 N–H and O–H groups in total. The molecule has 1 heterocycles. The third kappa shape index (κ3) is 2.36. The van der Waals surface area contributed by atoms with Gasteiger partial charge in [0, 0.05) is 18.1 Å². The van der Waals surface area contributed by atoms with E-state index in [1.54, 1.807) is 11.8 Å². The zero-order chi connectivity index (χ0) is 11.4. The van der Waals surface area contributed by atoms with Crippen LogP contribution in [0.2, 0.25) is 0 Å². The van der Waals surface area contributed by atoms with Crippen LogP contribution in [0.4, 0.5) is 5.69 Å². The minimum atomic E-state index is 1.02. The maximum atomic E-state index is 4.51. The highest BCUT2D eigenvalue weighted by molar-refractivity contribution is 7.98. The summed E-state index contributed by atoms with van der Waals surface area (Å²) in [7, 11) is 2.02. The number of thioether (sulfide) groups is 1. The first kappa shape index (κ1) is 11.0. The molecule has 0 bridgehead atoms. The monoisotopic (exact) mass is 230 g/mol. The van der Waals surface area contributed by atoms with E-state index in [9.17, 15) is 0 Å². The fourth-order valence-corrected chi connectivity index (χ4v) is 2.03. The van der Waals surface area contributed by atoms with Crippen molar-refractivity contribution in [3.8, 4) is 0 Å². The molecule has 0 saturated heterocycles. The van der Waals surface area contributed by atoms with E-state index in [2.05, 4.69) is 17.3 Å². The molecule has 0 spiro atoms. The lowest BCUT2D eigenvalue weighted by molar-refractivity contribution is 0.918. The van der Waals surface area contributed by atoms with Crippen LogP contribution in [0.3, 0.4) is 0 Å². The van der Waals surface area contributed by atoms with Gasteiger partial charge >= 0.3 is 0 Å². The van der Waals surface area contributed by atoms with Crippen molar-refractivity contribution in [1.29, 1.82) is 0 Å². The van der Waals surface area contributed by atoms with Crippen LogP contribution in [0.5, 0.6) is 0 Å². The van der Waals surface area contributed by atoms with Gasteiger partial charge in [-0.1, -0.05) is 12.1 Å². The Bertz CT molecular complexity index is 500. The van der Waals surface area contributed by atoms with Crippen LogP contribution in [0.25, 0.3) is 0 Å². The van der Waals surface area contributed by atoms with Gasteiger partial charge in [0.05, 0.1) is 17.6 Å². The lowest BCUT2D eigenvalue weighted by atomic mass is 10.3. The number of para-hydroxylation sites is 1. The summed E-state index contributed by atoms with van der Waals surface area (Å²) in [5.74, 6) is 0. The minimum absolute atomic E-state index is 1.02. The van der Waals surface area contributed by atoms with E-state index in [1.807, 2.05) is 54.4 Å². The first-order valence-corrected chi connectivity index (χ1v) is 6.32. The summed E-state index contributed by atoms with van der Waals surface area (Å²) in [5.41, 5.74) is 2.13. The number of aliphatic imine (C=N–C) groups is 1. The topological polar surface area (TPSA) is 17.3 Å². The molecule has 2 rings (SSSR count). The van der Waals surface area contributed by atoms with E-state index in [4.69, 9.17) is 0 Å². The van der Waals surface area contributed by atoms with Gasteiger partial charge in [0.1, 0.15) is 0 Å². The number of nitrogens with zero attached hydrogens (tertiary/aromatic N) is 2. The number of aromatic nitrogens is 1. The normalized spacial score (nSPS) is 11.1. The van der Waals surface area contributed by atoms with E-state index in [-0.39, 0.29) is 0 Å². The highest BCUT2D eigenvalue weighted by Gasteiger charge is 1.97. The number of aryl methyl sites for hydroxylation is 1. The molecule has 16 heavy (non-hydrogen) atoms. The summed E-state index contributed by atoms with van der Waals surface area (Å²) in [6.07, 6.45) is 5.98. The molecule has 82 valence electrons. The predicted octanol–water partition coefficient (Wildman–Crippen LogP) is 3.50. The Kier molecular flexibility index (Phi) is 3.47. The molecule has 0 amide bonds. The molecule has 2 aromatic rings. The summed E-state index contributed by atoms with van der Waals surface area (Å²) in [6.45, 7) is 0. The van der Waals surface area contributed by atoms with Gasteiger partial charge < -0.3 is 4.57 Å². The van der Waals surface area contributed by atoms with E-state index in [0.717, 1.165) is 11.4 Å². The number of benzene rings is 1. The Morgan fingerprint density at radius 1 is 1.19 bits per heavy atom. The highest BCUT2D eigenvalue weighted by atomic mass is 32.2. The molecule has 0 aliphatic rings. The lowest BCUT2D eigenvalue weighted by Crippen LogP contribution is -1.92. The fourth-order valence-electron chi connectivity index (χ4n) is 1.48. The zero-order valence-corrected chi connectivity index (χ0v) is 10.2. The van der Waals surface area contributed by atoms with E-state index in [1.165, 1.54) is 4.90 Å². The first-order valence-electron chi connectivity index (χ1n) is 5.09. The van der Waals surface area contributed by atoms with Crippen LogP contribution in [-0.4, -0.2) is 17.0 Å². The summed E-state index contributed by atoms with van der Waals surface area (Å²) in [6, 6.07) is 12.2. The van der Waals surface area contributed by atoms with Crippen LogP contribution in [0.15, 0.2) is 52.5 Å². The molecule has 0 atom stereocenters. The SMILES string of the molecule is CSc1ccccc1N=Cc1cccn1C. The molecule has 1 aromatic heterocycles. The number of rotatable bonds is 3. The maximum Gasteiger partial charge on any atom is 0.0766 e. The second-order valence-electron chi connectivity index (χ2n) is 3.47. The van der Waals surface area contributed by atoms with Gasteiger partial charge in [0.25, 0.3) is 0 Å². The van der Waals surface area contributed by atoms with Crippen LogP contribution >= 0.6 is 11.8 Å². The molecule has 0 unspecified atom stereocenters. The smallest absolute Gasteiger partial charge is 0.0766 e. The van der Waals surface area contributed by atoms with Crippen molar-refractivity contribution in [2.75, 3.05) is 6.26 Å². The van der Waals surface area contributed by atoms with Gasteiger partial charge in [0.2, 0.25) is 0 Å². The first-order chi connectivity index (χ1) is 7.81. The van der Waals surface area contributed by atoms with Crippen molar-refractivity contribution >= 4 is 23.7 Å². The van der Waals surface area contributed by atoms with Crippen LogP contribution in [0, 0.1) is 0 Å². The highest BCUT2D eigenvalue weighted by Crippen LogP contribution is 2.26. The fraction of sp³-hybridized carbons (Fsp3) is 0.154. The third-order valence-corrected chi connectivity index (χ3v) is 3.19. The zero-order valence-electron chi connectivity index (χ0n) is 9.42. The van der Waals surface area contributed by atoms with Crippen molar-refractivity contribution < 1.29 is 0 Å². The van der Waals surface area contributed by atoms with Gasteiger partial charge in [-0.05, 0) is 30.5 Å². The van der Waals surface area contributed by atoms with Crippen molar-refractivity contribution in [2.24, 2.45) is 12.0 Å². The number of hydrogen-bond acceptors (Lipinski definition) is 2. The second kappa shape index (κ2) is 5.03. The van der Waals surface area contributed by atoms with Gasteiger partial charge in [-0.2, -0.15) is 0 Å². The standard InChI is InChI=1S/C13H14N2S/c1-15-9-5-6-11(15)10-14-12-7-3-4-8-13(12)16-2/h3-10H,1-2H3. The summed E-state index contributed by atoms with van der Waals surface area (Å²) in [5, 5.41) is 0. The summed E-state index contributed by atoms with van der Waals surface area (Å²) >= 11 is 1.72. The Morgan fingerprint density at radius 2 is 2.00 bits per heavy atom. The second-order valence-corrected chi connectivity index (χ2v) is 4.32. The third-order valence-electron chi connectivity index (χ3n) is 2.41. The van der Waals surface area contributed by atoms with Gasteiger partial charge in [-0.3, -0.25) is 4.99 Å². The average Bonchev–Trinajstić information content (AvgIpc) is 2.72. The molecular formula is C13H14N2S. The lowest BCUT2D eigenvalue weighted by Gasteiger charge is -2.01. The van der Waals surface area contributed by atoms with Gasteiger partial charge in [-0.25, -0.2) is 0 Å². The maximum absolute atomic E-state index is 4.51. The molecule has 0 aliphatic heterocycles. The predicted molar refractivity (Wildman–Crippen MR) is 70.9 cm³/mol. The summed E-state index contributed by atoms with van der Waals surface area (Å²) < 4.78 is 2.05. The Morgan fingerprint density at radius 3 is 2.69 bits per heavy atom. The van der Waals surface area contributed by atoms with Crippen molar-refractivity contribution in [3.63, 3.8) is 0 Å². The molecule has 3 heteroatoms. The molecule has 0 aliphatic carbocycles. The molecule has 1 aromatic carbocycles. The molecular weight excluding hydrogens is 216 g/mol. The van der Waals surface area contributed by atoms with Crippen molar-refractivity contribution in [2.45, 2.75) is 4.90 Å². The largest absolute Gasteiger partial charge is 0.350 e. The molecule has 2 nitrogen and oxygen atoms in total. The van der Waals surface area contributed by atoms with Gasteiger partial charge in [0.15, 0.2) is 0 Å².